The molecule has 6 heterocycles. The zero-order valence-electron chi connectivity index (χ0n) is 23.4. The lowest BCUT2D eigenvalue weighted by Gasteiger charge is -2.48. The van der Waals surface area contributed by atoms with Gasteiger partial charge in [-0.2, -0.15) is 10.1 Å². The van der Waals surface area contributed by atoms with Gasteiger partial charge in [0, 0.05) is 56.9 Å². The van der Waals surface area contributed by atoms with Gasteiger partial charge in [-0.05, 0) is 44.1 Å². The van der Waals surface area contributed by atoms with Crippen molar-refractivity contribution in [3.8, 4) is 0 Å². The van der Waals surface area contributed by atoms with Crippen molar-refractivity contribution in [3.63, 3.8) is 0 Å². The monoisotopic (exact) mass is 567 g/mol. The number of likely N-dealkylation sites (tertiary alicyclic amines) is 2. The number of hydrogen-bond acceptors (Lipinski definition) is 9. The maximum atomic E-state index is 13.0. The number of amides is 2. The summed E-state index contributed by atoms with van der Waals surface area (Å²) in [5.74, 6) is 1.31. The lowest BCUT2D eigenvalue weighted by molar-refractivity contribution is -0.129. The molecule has 1 aliphatic carbocycles. The van der Waals surface area contributed by atoms with Crippen LogP contribution in [0.25, 0.3) is 0 Å². The van der Waals surface area contributed by atoms with Crippen LogP contribution in [0.15, 0.2) is 28.5 Å². The predicted molar refractivity (Wildman–Crippen MR) is 147 cm³/mol. The summed E-state index contributed by atoms with van der Waals surface area (Å²) in [6.45, 7) is 10.3. The number of nitrogens with zero attached hydrogens (tertiary/aromatic N) is 7. The van der Waals surface area contributed by atoms with Gasteiger partial charge in [0.15, 0.2) is 5.82 Å². The van der Waals surface area contributed by atoms with Crippen LogP contribution in [-0.4, -0.2) is 86.4 Å². The van der Waals surface area contributed by atoms with Gasteiger partial charge in [-0.25, -0.2) is 0 Å². The Morgan fingerprint density at radius 3 is 2.60 bits per heavy atom. The van der Waals surface area contributed by atoms with E-state index < -0.39 is 0 Å². The molecule has 0 aromatic carbocycles. The molecule has 0 bridgehead atoms. The van der Waals surface area contributed by atoms with Gasteiger partial charge in [0.2, 0.25) is 6.41 Å². The van der Waals surface area contributed by atoms with E-state index in [1.54, 1.807) is 16.6 Å². The first-order valence-corrected chi connectivity index (χ1v) is 15.0. The zero-order valence-corrected chi connectivity index (χ0v) is 24.2. The molecule has 4 aliphatic rings. The Kier molecular flexibility index (Phi) is 7.24. The quantitative estimate of drug-likeness (QED) is 0.414. The minimum atomic E-state index is -0.270. The zero-order chi connectivity index (χ0) is 27.9. The number of rotatable bonds is 6. The molecule has 11 nitrogen and oxygen atoms in total. The molecule has 214 valence electrons. The first-order valence-electron chi connectivity index (χ1n) is 14.1. The van der Waals surface area contributed by atoms with Crippen molar-refractivity contribution in [3.05, 3.63) is 46.3 Å². The molecule has 3 aromatic rings. The molecule has 12 heteroatoms. The van der Waals surface area contributed by atoms with Crippen molar-refractivity contribution in [2.24, 2.45) is 10.8 Å². The van der Waals surface area contributed by atoms with Gasteiger partial charge in [-0.1, -0.05) is 19.0 Å². The van der Waals surface area contributed by atoms with Crippen LogP contribution in [0.1, 0.15) is 91.4 Å². The van der Waals surface area contributed by atoms with Crippen LogP contribution in [0, 0.1) is 10.8 Å². The third-order valence-electron chi connectivity index (χ3n) is 8.81. The lowest BCUT2D eigenvalue weighted by atomic mass is 9.71. The van der Waals surface area contributed by atoms with Crippen LogP contribution in [0.5, 0.6) is 0 Å². The number of ether oxygens (including phenoxy) is 1. The van der Waals surface area contributed by atoms with Gasteiger partial charge < -0.3 is 19.1 Å². The van der Waals surface area contributed by atoms with Crippen molar-refractivity contribution in [2.45, 2.75) is 64.3 Å². The minimum absolute atomic E-state index is 0.0480. The first kappa shape index (κ1) is 27.1. The first-order chi connectivity index (χ1) is 19.3. The average Bonchev–Trinajstić information content (AvgIpc) is 3.57. The summed E-state index contributed by atoms with van der Waals surface area (Å²) in [6, 6.07) is 1.84. The van der Waals surface area contributed by atoms with Gasteiger partial charge >= 0.3 is 0 Å². The van der Waals surface area contributed by atoms with E-state index in [9.17, 15) is 9.59 Å². The van der Waals surface area contributed by atoms with E-state index in [-0.39, 0.29) is 23.3 Å². The Balaban J connectivity index is 0.000000523. The van der Waals surface area contributed by atoms with Gasteiger partial charge in [0.25, 0.3) is 11.8 Å². The maximum absolute atomic E-state index is 13.0. The maximum Gasteiger partial charge on any atom is 0.265 e. The number of carbonyl (C=O) groups excluding carboxylic acids is 2. The van der Waals surface area contributed by atoms with Crippen molar-refractivity contribution in [2.75, 3.05) is 39.4 Å². The summed E-state index contributed by atoms with van der Waals surface area (Å²) in [6.07, 6.45) is 9.27. The van der Waals surface area contributed by atoms with E-state index in [2.05, 4.69) is 30.1 Å². The Hall–Kier alpha value is -3.12. The largest absolute Gasteiger partial charge is 0.381 e. The second-order valence-electron chi connectivity index (χ2n) is 12.4. The molecule has 0 N–H and O–H groups in total. The summed E-state index contributed by atoms with van der Waals surface area (Å²) in [7, 11) is 0. The SMILES string of the molecule is CC(c1nc(C2CN(C(=O)c3cncs3)CC23CN(C=O)C3)no1)n1ccc(C2CCOCC2)n1.CC1(C)CC1. The van der Waals surface area contributed by atoms with Crippen LogP contribution in [-0.2, 0) is 9.53 Å². The molecule has 3 aromatic heterocycles. The predicted octanol–water partition coefficient (Wildman–Crippen LogP) is 3.73. The summed E-state index contributed by atoms with van der Waals surface area (Å²) >= 11 is 1.33. The molecule has 2 unspecified atom stereocenters. The standard InChI is InChI=1S/C23H27N7O4S.C5H10/c1-15(30-5-2-18(26-30)16-3-6-33-7-4-16)21-25-20(27-34-21)17-9-29(22(32)19-8-24-13-35-19)12-23(17)10-28(11-23)14-31;1-5(2)3-4-5/h2,5,8,13-17H,3-4,6-7,9-12H2,1H3;3-4H2,1-2H3. The van der Waals surface area contributed by atoms with Crippen molar-refractivity contribution in [1.82, 2.24) is 34.7 Å². The molecular formula is C28H37N7O4S. The van der Waals surface area contributed by atoms with Crippen LogP contribution in [0.4, 0.5) is 0 Å². The van der Waals surface area contributed by atoms with Crippen molar-refractivity contribution in [1.29, 1.82) is 0 Å². The summed E-state index contributed by atoms with van der Waals surface area (Å²) in [5, 5.41) is 9.12. The Morgan fingerprint density at radius 1 is 1.20 bits per heavy atom. The molecule has 1 saturated carbocycles. The van der Waals surface area contributed by atoms with Crippen LogP contribution in [0.2, 0.25) is 0 Å². The summed E-state index contributed by atoms with van der Waals surface area (Å²) < 4.78 is 13.0. The molecule has 1 spiro atoms. The third-order valence-corrected chi connectivity index (χ3v) is 9.57. The molecule has 0 radical (unpaired) electrons. The van der Waals surface area contributed by atoms with E-state index in [4.69, 9.17) is 19.3 Å². The number of thiazole rings is 1. The smallest absolute Gasteiger partial charge is 0.265 e. The van der Waals surface area contributed by atoms with Crippen molar-refractivity contribution < 1.29 is 18.8 Å². The second-order valence-corrected chi connectivity index (χ2v) is 13.3. The highest BCUT2D eigenvalue weighted by molar-refractivity contribution is 7.11. The molecule has 4 fully saturated rings. The van der Waals surface area contributed by atoms with Crippen LogP contribution < -0.4 is 0 Å². The highest BCUT2D eigenvalue weighted by Crippen LogP contribution is 2.48. The van der Waals surface area contributed by atoms with Crippen LogP contribution in [0.3, 0.4) is 0 Å². The number of carbonyl (C=O) groups is 2. The normalized spacial score (nSPS) is 23.8. The van der Waals surface area contributed by atoms with Gasteiger partial charge in [-0.15, -0.1) is 11.3 Å². The van der Waals surface area contributed by atoms with E-state index in [1.807, 2.05) is 22.7 Å². The molecule has 7 rings (SSSR count). The number of aromatic nitrogens is 5. The molecular weight excluding hydrogens is 530 g/mol. The fourth-order valence-corrected chi connectivity index (χ4v) is 6.40. The molecule has 2 amide bonds. The van der Waals surface area contributed by atoms with Gasteiger partial charge in [0.05, 0.1) is 23.3 Å². The minimum Gasteiger partial charge on any atom is -0.381 e. The molecule has 3 saturated heterocycles. The highest BCUT2D eigenvalue weighted by atomic mass is 32.1. The topological polar surface area (TPSA) is 119 Å². The van der Waals surface area contributed by atoms with Crippen LogP contribution >= 0.6 is 11.3 Å². The van der Waals surface area contributed by atoms with E-state index in [0.717, 1.165) is 43.6 Å². The summed E-state index contributed by atoms with van der Waals surface area (Å²) in [4.78, 5) is 37.3. The Bertz CT molecular complexity index is 1320. The molecule has 3 aliphatic heterocycles. The van der Waals surface area contributed by atoms with Crippen molar-refractivity contribution >= 4 is 23.7 Å². The van der Waals surface area contributed by atoms with Gasteiger partial charge in [0.1, 0.15) is 10.9 Å². The highest BCUT2D eigenvalue weighted by Gasteiger charge is 2.57. The lowest BCUT2D eigenvalue weighted by Crippen LogP contribution is -2.59. The second kappa shape index (κ2) is 10.7. The molecule has 40 heavy (non-hydrogen) atoms. The third kappa shape index (κ3) is 5.43. The van der Waals surface area contributed by atoms with Gasteiger partial charge in [-0.3, -0.25) is 19.3 Å². The fraction of sp³-hybridized carbons (Fsp3) is 0.643. The van der Waals surface area contributed by atoms with E-state index in [1.165, 1.54) is 24.2 Å². The van der Waals surface area contributed by atoms with E-state index >= 15 is 0 Å². The van der Waals surface area contributed by atoms with E-state index in [0.29, 0.717) is 48.7 Å². The number of hydrogen-bond donors (Lipinski definition) is 0. The fourth-order valence-electron chi connectivity index (χ4n) is 5.82. The Morgan fingerprint density at radius 2 is 1.95 bits per heavy atom. The Labute approximate surface area is 237 Å². The average molecular weight is 568 g/mol. The molecule has 2 atom stereocenters. The summed E-state index contributed by atoms with van der Waals surface area (Å²) in [5.41, 5.74) is 3.20.